The second-order valence-electron chi connectivity index (χ2n) is 9.30. The fourth-order valence-corrected chi connectivity index (χ4v) is 1.79. The van der Waals surface area contributed by atoms with Gasteiger partial charge in [-0.3, -0.25) is 0 Å². The van der Waals surface area contributed by atoms with Crippen molar-refractivity contribution in [2.24, 2.45) is 17.3 Å². The van der Waals surface area contributed by atoms with Gasteiger partial charge in [0.2, 0.25) is 0 Å². The number of nitrogens with one attached hydrogen (secondary N) is 1. The minimum absolute atomic E-state index is 0.379. The van der Waals surface area contributed by atoms with Gasteiger partial charge in [-0.25, -0.2) is 0 Å². The van der Waals surface area contributed by atoms with Crippen molar-refractivity contribution in [1.29, 1.82) is 0 Å². The van der Waals surface area contributed by atoms with Crippen molar-refractivity contribution in [3.63, 3.8) is 0 Å². The molecule has 0 radical (unpaired) electrons. The zero-order chi connectivity index (χ0) is 27.3. The first-order valence-corrected chi connectivity index (χ1v) is 13.5. The fourth-order valence-electron chi connectivity index (χ4n) is 1.79. The van der Waals surface area contributed by atoms with Gasteiger partial charge in [-0.2, -0.15) is 0 Å². The number of rotatable bonds is 7. The Morgan fingerprint density at radius 3 is 1.44 bits per heavy atom. The molecule has 0 heterocycles. The summed E-state index contributed by atoms with van der Waals surface area (Å²) in [7, 11) is 2.01. The van der Waals surface area contributed by atoms with E-state index in [1.54, 1.807) is 0 Å². The van der Waals surface area contributed by atoms with Crippen LogP contribution in [-0.2, 0) is 0 Å². The normalized spacial score (nSPS) is 11.3. The summed E-state index contributed by atoms with van der Waals surface area (Å²) >= 11 is 0. The summed E-state index contributed by atoms with van der Waals surface area (Å²) in [6.45, 7) is 40.2. The SMILES string of the molecule is C=C(/C=C\C(C)=C/CC(C)(C)C)C(C)C.CC.CC.CC.CCC.CNC(C)CC(C)C. The Hall–Kier alpha value is -0.820. The molecule has 1 unspecified atom stereocenters. The molecule has 0 aliphatic heterocycles. The summed E-state index contributed by atoms with van der Waals surface area (Å²) in [5, 5.41) is 3.20. The zero-order valence-corrected chi connectivity index (χ0v) is 26.3. The zero-order valence-electron chi connectivity index (χ0n) is 26.3. The Balaban J connectivity index is -0.0000000835. The van der Waals surface area contributed by atoms with Gasteiger partial charge in [0.1, 0.15) is 0 Å². The maximum Gasteiger partial charge on any atom is 0.00381 e. The number of allylic oxidation sites excluding steroid dienone is 5. The average molecular weight is 456 g/mol. The smallest absolute Gasteiger partial charge is 0.00381 e. The van der Waals surface area contributed by atoms with Crippen molar-refractivity contribution in [2.45, 2.75) is 143 Å². The quantitative estimate of drug-likeness (QED) is 0.376. The van der Waals surface area contributed by atoms with Gasteiger partial charge in [0.15, 0.2) is 0 Å². The van der Waals surface area contributed by atoms with Gasteiger partial charge >= 0.3 is 0 Å². The molecular formula is C31H69N. The molecule has 0 saturated heterocycles. The molecule has 0 aliphatic rings. The molecule has 0 aromatic rings. The van der Waals surface area contributed by atoms with E-state index in [0.717, 1.165) is 12.3 Å². The van der Waals surface area contributed by atoms with E-state index in [1.807, 2.05) is 48.6 Å². The molecular weight excluding hydrogens is 386 g/mol. The third-order valence-electron chi connectivity index (χ3n) is 3.66. The number of hydrogen-bond acceptors (Lipinski definition) is 1. The summed E-state index contributed by atoms with van der Waals surface area (Å²) in [4.78, 5) is 0. The van der Waals surface area contributed by atoms with Crippen LogP contribution >= 0.6 is 0 Å². The van der Waals surface area contributed by atoms with Crippen LogP contribution in [0, 0.1) is 17.3 Å². The van der Waals surface area contributed by atoms with Gasteiger partial charge in [-0.05, 0) is 51.0 Å². The van der Waals surface area contributed by atoms with Crippen LogP contribution in [0.4, 0.5) is 0 Å². The molecule has 0 aromatic heterocycles. The lowest BCUT2D eigenvalue weighted by molar-refractivity contribution is 0.420. The first-order chi connectivity index (χ1) is 14.8. The van der Waals surface area contributed by atoms with Crippen LogP contribution in [-0.4, -0.2) is 13.1 Å². The lowest BCUT2D eigenvalue weighted by atomic mass is 9.91. The third kappa shape index (κ3) is 56.9. The van der Waals surface area contributed by atoms with Gasteiger partial charge < -0.3 is 5.32 Å². The van der Waals surface area contributed by atoms with Crippen molar-refractivity contribution >= 4 is 0 Å². The molecule has 0 saturated carbocycles. The predicted molar refractivity (Wildman–Crippen MR) is 159 cm³/mol. The Bertz CT molecular complexity index is 378. The largest absolute Gasteiger partial charge is 0.317 e. The Labute approximate surface area is 208 Å². The lowest BCUT2D eigenvalue weighted by Crippen LogP contribution is -2.22. The van der Waals surface area contributed by atoms with Crippen LogP contribution in [0.15, 0.2) is 36.0 Å². The average Bonchev–Trinajstić information content (AvgIpc) is 2.74. The van der Waals surface area contributed by atoms with Crippen molar-refractivity contribution in [3.05, 3.63) is 36.0 Å². The molecule has 32 heavy (non-hydrogen) atoms. The Kier molecular flexibility index (Phi) is 48.7. The van der Waals surface area contributed by atoms with E-state index in [9.17, 15) is 0 Å². The Morgan fingerprint density at radius 1 is 0.844 bits per heavy atom. The molecule has 0 bridgehead atoms. The predicted octanol–water partition coefficient (Wildman–Crippen LogP) is 11.3. The van der Waals surface area contributed by atoms with Crippen LogP contribution in [0.1, 0.15) is 137 Å². The first-order valence-electron chi connectivity index (χ1n) is 13.5. The maximum absolute atomic E-state index is 4.02. The van der Waals surface area contributed by atoms with Gasteiger partial charge in [-0.15, -0.1) is 0 Å². The van der Waals surface area contributed by atoms with Gasteiger partial charge in [0, 0.05) is 6.04 Å². The molecule has 0 amide bonds. The minimum Gasteiger partial charge on any atom is -0.317 e. The third-order valence-corrected chi connectivity index (χ3v) is 3.66. The van der Waals surface area contributed by atoms with Crippen LogP contribution in [0.25, 0.3) is 0 Å². The van der Waals surface area contributed by atoms with Gasteiger partial charge in [-0.1, -0.05) is 146 Å². The monoisotopic (exact) mass is 456 g/mol. The standard InChI is InChI=1S/C15H26.C7H17N.C3H8.3C2H6/c1-12(2)14(4)9-8-13(3)10-11-15(5,6)7;1-6(2)5-7(3)8-4;1-3-2;3*1-2/h8-10,12H,4,11H2,1-3,5-7H3;6-8H,5H2,1-4H3;3H2,1-2H3;3*1-2H3/b9-8-,13-10-;;;;;. The molecule has 1 heteroatoms. The van der Waals surface area contributed by atoms with Crippen molar-refractivity contribution in [2.75, 3.05) is 7.05 Å². The lowest BCUT2D eigenvalue weighted by Gasteiger charge is -2.15. The minimum atomic E-state index is 0.379. The molecule has 1 atom stereocenters. The molecule has 198 valence electrons. The first kappa shape index (κ1) is 44.8. The molecule has 0 rings (SSSR count). The molecule has 1 N–H and O–H groups in total. The molecule has 0 fully saturated rings. The fraction of sp³-hybridized carbons (Fsp3) is 0.806. The van der Waals surface area contributed by atoms with Gasteiger partial charge in [0.05, 0.1) is 0 Å². The van der Waals surface area contributed by atoms with Crippen LogP contribution in [0.5, 0.6) is 0 Å². The maximum atomic E-state index is 4.02. The molecule has 0 aliphatic carbocycles. The van der Waals surface area contributed by atoms with E-state index in [2.05, 4.69) is 106 Å². The van der Waals surface area contributed by atoms with Gasteiger partial charge in [0.25, 0.3) is 0 Å². The van der Waals surface area contributed by atoms with Crippen molar-refractivity contribution < 1.29 is 0 Å². The van der Waals surface area contributed by atoms with E-state index in [4.69, 9.17) is 0 Å². The highest BCUT2D eigenvalue weighted by atomic mass is 14.8. The van der Waals surface area contributed by atoms with Crippen LogP contribution in [0.3, 0.4) is 0 Å². The molecule has 1 nitrogen and oxygen atoms in total. The highest BCUT2D eigenvalue weighted by Gasteiger charge is 2.06. The van der Waals surface area contributed by atoms with Crippen molar-refractivity contribution in [3.8, 4) is 0 Å². The summed E-state index contributed by atoms with van der Waals surface area (Å²) < 4.78 is 0. The van der Waals surface area contributed by atoms with Crippen LogP contribution < -0.4 is 5.32 Å². The topological polar surface area (TPSA) is 12.0 Å². The second kappa shape index (κ2) is 34.8. The molecule has 0 aromatic carbocycles. The highest BCUT2D eigenvalue weighted by molar-refractivity contribution is 5.25. The van der Waals surface area contributed by atoms with Crippen molar-refractivity contribution in [1.82, 2.24) is 5.32 Å². The summed E-state index contributed by atoms with van der Waals surface area (Å²) in [6.07, 6.45) is 10.2. The summed E-state index contributed by atoms with van der Waals surface area (Å²) in [6, 6.07) is 0.676. The number of hydrogen-bond donors (Lipinski definition) is 1. The molecule has 0 spiro atoms. The van der Waals surface area contributed by atoms with E-state index in [-0.39, 0.29) is 0 Å². The van der Waals surface area contributed by atoms with E-state index in [1.165, 1.54) is 24.0 Å². The highest BCUT2D eigenvalue weighted by Crippen LogP contribution is 2.20. The van der Waals surface area contributed by atoms with Crippen LogP contribution in [0.2, 0.25) is 0 Å². The van der Waals surface area contributed by atoms with E-state index >= 15 is 0 Å². The summed E-state index contributed by atoms with van der Waals surface area (Å²) in [5.74, 6) is 1.36. The van der Waals surface area contributed by atoms with E-state index in [0.29, 0.717) is 17.4 Å². The van der Waals surface area contributed by atoms with E-state index < -0.39 is 0 Å². The second-order valence-corrected chi connectivity index (χ2v) is 9.30. The Morgan fingerprint density at radius 2 is 1.22 bits per heavy atom. The summed E-state index contributed by atoms with van der Waals surface area (Å²) in [5.41, 5.74) is 2.90.